The van der Waals surface area contributed by atoms with Gasteiger partial charge in [-0.3, -0.25) is 9.71 Å². The summed E-state index contributed by atoms with van der Waals surface area (Å²) < 4.78 is 27.5. The second-order valence-electron chi connectivity index (χ2n) is 3.12. The molecule has 0 saturated carbocycles. The molecule has 0 aromatic carbocycles. The Morgan fingerprint density at radius 2 is 2.14 bits per heavy atom. The molecule has 2 N–H and O–H groups in total. The Labute approximate surface area is 83.7 Å². The minimum absolute atomic E-state index is 0.135. The van der Waals surface area contributed by atoms with E-state index in [-0.39, 0.29) is 6.04 Å². The van der Waals surface area contributed by atoms with Gasteiger partial charge in [-0.25, -0.2) is 0 Å². The average molecular weight is 215 g/mol. The maximum absolute atomic E-state index is 11.4. The molecule has 0 fully saturated rings. The third kappa shape index (κ3) is 3.71. The van der Waals surface area contributed by atoms with Crippen molar-refractivity contribution in [3.8, 4) is 0 Å². The van der Waals surface area contributed by atoms with Gasteiger partial charge in [0.25, 0.3) is 10.2 Å². The van der Waals surface area contributed by atoms with Crippen LogP contribution in [-0.2, 0) is 10.2 Å². The third-order valence-corrected chi connectivity index (χ3v) is 2.59. The molecule has 0 bridgehead atoms. The second kappa shape index (κ2) is 4.39. The van der Waals surface area contributed by atoms with Crippen molar-refractivity contribution in [3.05, 3.63) is 24.5 Å². The summed E-state index contributed by atoms with van der Waals surface area (Å²) in [5, 5.41) is 0. The number of hydrogen-bond acceptors (Lipinski definition) is 3. The summed E-state index contributed by atoms with van der Waals surface area (Å²) in [7, 11) is -3.47. The molecule has 0 unspecified atom stereocenters. The predicted molar refractivity (Wildman–Crippen MR) is 55.1 cm³/mol. The molecular weight excluding hydrogens is 202 g/mol. The van der Waals surface area contributed by atoms with Crippen molar-refractivity contribution >= 4 is 15.9 Å². The van der Waals surface area contributed by atoms with E-state index in [1.54, 1.807) is 32.2 Å². The van der Waals surface area contributed by atoms with E-state index in [1.165, 1.54) is 6.20 Å². The Bertz CT molecular complexity index is 375. The second-order valence-corrected chi connectivity index (χ2v) is 4.57. The standard InChI is InChI=1S/C8H13N3O2S/c1-7(2)10-14(12,13)11-8-4-3-5-9-6-8/h3-7,10-11H,1-2H3. The fourth-order valence-corrected chi connectivity index (χ4v) is 2.03. The molecule has 0 aliphatic heterocycles. The first-order valence-corrected chi connectivity index (χ1v) is 5.68. The lowest BCUT2D eigenvalue weighted by Gasteiger charge is -2.10. The summed E-state index contributed by atoms with van der Waals surface area (Å²) >= 11 is 0. The van der Waals surface area contributed by atoms with Gasteiger partial charge >= 0.3 is 0 Å². The van der Waals surface area contributed by atoms with Crippen LogP contribution in [0.25, 0.3) is 0 Å². The molecule has 1 aromatic rings. The van der Waals surface area contributed by atoms with Gasteiger partial charge in [-0.1, -0.05) is 0 Å². The molecule has 0 atom stereocenters. The molecule has 1 rings (SSSR count). The number of nitrogens with one attached hydrogen (secondary N) is 2. The van der Waals surface area contributed by atoms with E-state index in [0.717, 1.165) is 0 Å². The van der Waals surface area contributed by atoms with Crippen LogP contribution in [-0.4, -0.2) is 19.4 Å². The molecule has 0 saturated heterocycles. The lowest BCUT2D eigenvalue weighted by atomic mass is 10.4. The van der Waals surface area contributed by atoms with Gasteiger partial charge in [0.1, 0.15) is 0 Å². The normalized spacial score (nSPS) is 11.6. The van der Waals surface area contributed by atoms with Crippen LogP contribution >= 0.6 is 0 Å². The van der Waals surface area contributed by atoms with Crippen LogP contribution in [0.2, 0.25) is 0 Å². The zero-order chi connectivity index (χ0) is 10.6. The van der Waals surface area contributed by atoms with E-state index < -0.39 is 10.2 Å². The van der Waals surface area contributed by atoms with Crippen LogP contribution in [0, 0.1) is 0 Å². The molecule has 0 aliphatic carbocycles. The summed E-state index contributed by atoms with van der Waals surface area (Å²) in [4.78, 5) is 3.79. The summed E-state index contributed by atoms with van der Waals surface area (Å²) in [5.74, 6) is 0. The van der Waals surface area contributed by atoms with Crippen molar-refractivity contribution in [2.45, 2.75) is 19.9 Å². The van der Waals surface area contributed by atoms with E-state index in [4.69, 9.17) is 0 Å². The molecule has 0 aliphatic rings. The first-order valence-electron chi connectivity index (χ1n) is 4.20. The predicted octanol–water partition coefficient (Wildman–Crippen LogP) is 0.736. The van der Waals surface area contributed by atoms with Crippen molar-refractivity contribution in [2.75, 3.05) is 4.72 Å². The van der Waals surface area contributed by atoms with Gasteiger partial charge < -0.3 is 0 Å². The molecule has 14 heavy (non-hydrogen) atoms. The molecule has 0 amide bonds. The van der Waals surface area contributed by atoms with Crippen LogP contribution in [0.3, 0.4) is 0 Å². The summed E-state index contributed by atoms with van der Waals surface area (Å²) in [6.45, 7) is 3.50. The largest absolute Gasteiger partial charge is 0.299 e. The van der Waals surface area contributed by atoms with Gasteiger partial charge in [-0.2, -0.15) is 13.1 Å². The lowest BCUT2D eigenvalue weighted by molar-refractivity contribution is 0.575. The molecule has 0 radical (unpaired) electrons. The quantitative estimate of drug-likeness (QED) is 0.778. The SMILES string of the molecule is CC(C)NS(=O)(=O)Nc1cccnc1. The molecule has 1 aromatic heterocycles. The van der Waals surface area contributed by atoms with E-state index in [2.05, 4.69) is 14.4 Å². The van der Waals surface area contributed by atoms with Crippen LogP contribution in [0.4, 0.5) is 5.69 Å². The first kappa shape index (κ1) is 10.9. The number of hydrogen-bond donors (Lipinski definition) is 2. The molecule has 1 heterocycles. The summed E-state index contributed by atoms with van der Waals surface area (Å²) in [6.07, 6.45) is 3.02. The van der Waals surface area contributed by atoms with Gasteiger partial charge in [0.15, 0.2) is 0 Å². The maximum Gasteiger partial charge on any atom is 0.299 e. The van der Waals surface area contributed by atoms with Gasteiger partial charge in [0.2, 0.25) is 0 Å². The van der Waals surface area contributed by atoms with E-state index >= 15 is 0 Å². The average Bonchev–Trinajstić information content (AvgIpc) is 2.02. The zero-order valence-electron chi connectivity index (χ0n) is 8.06. The van der Waals surface area contributed by atoms with Crippen molar-refractivity contribution in [1.82, 2.24) is 9.71 Å². The van der Waals surface area contributed by atoms with Crippen molar-refractivity contribution < 1.29 is 8.42 Å². The van der Waals surface area contributed by atoms with Crippen LogP contribution in [0.1, 0.15) is 13.8 Å². The highest BCUT2D eigenvalue weighted by Crippen LogP contribution is 2.04. The number of pyridine rings is 1. The first-order chi connectivity index (χ1) is 6.49. The highest BCUT2D eigenvalue weighted by atomic mass is 32.2. The van der Waals surface area contributed by atoms with Crippen molar-refractivity contribution in [1.29, 1.82) is 0 Å². The van der Waals surface area contributed by atoms with Gasteiger partial charge in [0.05, 0.1) is 11.9 Å². The van der Waals surface area contributed by atoms with Crippen LogP contribution < -0.4 is 9.44 Å². The van der Waals surface area contributed by atoms with Gasteiger partial charge in [-0.05, 0) is 26.0 Å². The van der Waals surface area contributed by atoms with E-state index in [9.17, 15) is 8.42 Å². The Morgan fingerprint density at radius 3 is 2.64 bits per heavy atom. The Hall–Kier alpha value is -1.14. The Kier molecular flexibility index (Phi) is 3.43. The molecule has 6 heteroatoms. The van der Waals surface area contributed by atoms with Crippen molar-refractivity contribution in [3.63, 3.8) is 0 Å². The molecule has 0 spiro atoms. The zero-order valence-corrected chi connectivity index (χ0v) is 8.88. The van der Waals surface area contributed by atoms with Gasteiger partial charge in [-0.15, -0.1) is 0 Å². The Morgan fingerprint density at radius 1 is 1.43 bits per heavy atom. The van der Waals surface area contributed by atoms with Crippen LogP contribution in [0.5, 0.6) is 0 Å². The van der Waals surface area contributed by atoms with Crippen molar-refractivity contribution in [2.24, 2.45) is 0 Å². The number of rotatable bonds is 4. The fourth-order valence-electron chi connectivity index (χ4n) is 0.918. The van der Waals surface area contributed by atoms with E-state index in [0.29, 0.717) is 5.69 Å². The number of anilines is 1. The highest BCUT2D eigenvalue weighted by molar-refractivity contribution is 7.90. The van der Waals surface area contributed by atoms with Crippen LogP contribution in [0.15, 0.2) is 24.5 Å². The summed E-state index contributed by atoms with van der Waals surface area (Å²) in [5.41, 5.74) is 0.445. The topological polar surface area (TPSA) is 71.1 Å². The van der Waals surface area contributed by atoms with Gasteiger partial charge in [0, 0.05) is 12.2 Å². The maximum atomic E-state index is 11.4. The lowest BCUT2D eigenvalue weighted by Crippen LogP contribution is -2.35. The molecular formula is C8H13N3O2S. The minimum Gasteiger partial charge on any atom is -0.270 e. The molecule has 5 nitrogen and oxygen atoms in total. The monoisotopic (exact) mass is 215 g/mol. The minimum atomic E-state index is -3.47. The molecule has 78 valence electrons. The fraction of sp³-hybridized carbons (Fsp3) is 0.375. The summed E-state index contributed by atoms with van der Waals surface area (Å²) in [6, 6.07) is 3.16. The number of nitrogens with zero attached hydrogens (tertiary/aromatic N) is 1. The smallest absolute Gasteiger partial charge is 0.270 e. The third-order valence-electron chi connectivity index (χ3n) is 1.30. The Balaban J connectivity index is 2.70. The van der Waals surface area contributed by atoms with E-state index in [1.807, 2.05) is 0 Å². The number of aromatic nitrogens is 1. The highest BCUT2D eigenvalue weighted by Gasteiger charge is 2.10.